The van der Waals surface area contributed by atoms with Crippen molar-refractivity contribution in [3.05, 3.63) is 119 Å². The fourth-order valence-electron chi connectivity index (χ4n) is 3.05. The molecule has 1 amide bonds. The number of nitrogens with one attached hydrogen (secondary N) is 2. The van der Waals surface area contributed by atoms with Crippen LogP contribution in [-0.2, 0) is 10.0 Å². The lowest BCUT2D eigenvalue weighted by Crippen LogP contribution is -2.19. The van der Waals surface area contributed by atoms with Crippen LogP contribution in [0, 0.1) is 0 Å². The Balaban J connectivity index is 1.41. The highest BCUT2D eigenvalue weighted by Gasteiger charge is 2.16. The van der Waals surface area contributed by atoms with Gasteiger partial charge < -0.3 is 4.74 Å². The Morgan fingerprint density at radius 2 is 1.54 bits per heavy atom. The number of hydrazone groups is 1. The van der Waals surface area contributed by atoms with Gasteiger partial charge in [-0.1, -0.05) is 48.0 Å². The number of amides is 1. The Morgan fingerprint density at radius 3 is 2.31 bits per heavy atom. The van der Waals surface area contributed by atoms with Gasteiger partial charge in [0.2, 0.25) is 0 Å². The van der Waals surface area contributed by atoms with Gasteiger partial charge in [-0.15, -0.1) is 0 Å². The fourth-order valence-corrected chi connectivity index (χ4v) is 4.28. The van der Waals surface area contributed by atoms with Gasteiger partial charge in [0.25, 0.3) is 15.9 Å². The molecule has 0 aliphatic carbocycles. The van der Waals surface area contributed by atoms with Gasteiger partial charge in [-0.3, -0.25) is 9.52 Å². The number of hydrogen-bond donors (Lipinski definition) is 2. The average Bonchev–Trinajstić information content (AvgIpc) is 2.86. The summed E-state index contributed by atoms with van der Waals surface area (Å²) in [5.41, 5.74) is 3.62. The molecule has 9 heteroatoms. The smallest absolute Gasteiger partial charge is 0.271 e. The summed E-state index contributed by atoms with van der Waals surface area (Å²) in [5.74, 6) is 0.773. The molecule has 0 fully saturated rings. The maximum atomic E-state index is 12.7. The first-order valence-corrected chi connectivity index (χ1v) is 12.3. The molecule has 4 rings (SSSR count). The van der Waals surface area contributed by atoms with Crippen molar-refractivity contribution in [1.29, 1.82) is 0 Å². The van der Waals surface area contributed by atoms with Crippen molar-refractivity contribution in [1.82, 2.24) is 5.43 Å². The summed E-state index contributed by atoms with van der Waals surface area (Å²) in [5, 5.41) is 4.46. The summed E-state index contributed by atoms with van der Waals surface area (Å²) in [6.45, 7) is 0. The zero-order valence-corrected chi connectivity index (χ0v) is 19.8. The van der Waals surface area contributed by atoms with Crippen LogP contribution >= 0.6 is 11.6 Å². The summed E-state index contributed by atoms with van der Waals surface area (Å²) < 4.78 is 33.7. The van der Waals surface area contributed by atoms with Gasteiger partial charge in [0.1, 0.15) is 11.5 Å². The first-order chi connectivity index (χ1) is 16.9. The Morgan fingerprint density at radius 1 is 0.829 bits per heavy atom. The first kappa shape index (κ1) is 24.0. The van der Waals surface area contributed by atoms with Crippen molar-refractivity contribution in [3.8, 4) is 11.5 Å². The van der Waals surface area contributed by atoms with E-state index < -0.39 is 15.9 Å². The van der Waals surface area contributed by atoms with Crippen molar-refractivity contribution in [3.63, 3.8) is 0 Å². The lowest BCUT2D eigenvalue weighted by molar-refractivity contribution is 0.0955. The summed E-state index contributed by atoms with van der Waals surface area (Å²) in [6.07, 6.45) is 1.47. The van der Waals surface area contributed by atoms with E-state index in [9.17, 15) is 13.2 Å². The third-order valence-electron chi connectivity index (χ3n) is 4.72. The predicted octanol–water partition coefficient (Wildman–Crippen LogP) is 5.70. The van der Waals surface area contributed by atoms with Crippen LogP contribution in [0.15, 0.2) is 113 Å². The van der Waals surface area contributed by atoms with Gasteiger partial charge in [-0.25, -0.2) is 13.8 Å². The maximum absolute atomic E-state index is 12.7. The van der Waals surface area contributed by atoms with E-state index in [0.717, 1.165) is 0 Å². The Kier molecular flexibility index (Phi) is 7.45. The molecule has 0 unspecified atom stereocenters. The van der Waals surface area contributed by atoms with Gasteiger partial charge in [0, 0.05) is 16.3 Å². The van der Waals surface area contributed by atoms with Gasteiger partial charge in [0.15, 0.2) is 0 Å². The summed E-state index contributed by atoms with van der Waals surface area (Å²) in [4.78, 5) is 12.5. The lowest BCUT2D eigenvalue weighted by Gasteiger charge is -2.09. The highest BCUT2D eigenvalue weighted by molar-refractivity contribution is 7.92. The third kappa shape index (κ3) is 6.69. The van der Waals surface area contributed by atoms with E-state index in [-0.39, 0.29) is 10.5 Å². The highest BCUT2D eigenvalue weighted by atomic mass is 35.5. The molecular formula is C26H20ClN3O4S. The van der Waals surface area contributed by atoms with Gasteiger partial charge in [-0.2, -0.15) is 5.10 Å². The number of nitrogens with zero attached hydrogens (tertiary/aromatic N) is 1. The van der Waals surface area contributed by atoms with Gasteiger partial charge >= 0.3 is 0 Å². The van der Waals surface area contributed by atoms with Crippen LogP contribution in [0.1, 0.15) is 15.9 Å². The number of para-hydroxylation sites is 1. The van der Waals surface area contributed by atoms with E-state index in [4.69, 9.17) is 16.3 Å². The quantitative estimate of drug-likeness (QED) is 0.237. The predicted molar refractivity (Wildman–Crippen MR) is 137 cm³/mol. The number of ether oxygens (including phenoxy) is 1. The highest BCUT2D eigenvalue weighted by Crippen LogP contribution is 2.22. The lowest BCUT2D eigenvalue weighted by atomic mass is 10.2. The molecule has 0 spiro atoms. The van der Waals surface area contributed by atoms with Crippen LogP contribution in [0.2, 0.25) is 5.02 Å². The molecule has 0 heterocycles. The van der Waals surface area contributed by atoms with Crippen LogP contribution < -0.4 is 14.9 Å². The SMILES string of the molecule is O=C(NN=Cc1cccc(Oc2ccccc2)c1)c1cccc(S(=O)(=O)Nc2ccc(Cl)cc2)c1. The van der Waals surface area contributed by atoms with Crippen LogP contribution in [0.4, 0.5) is 5.69 Å². The number of sulfonamides is 1. The molecule has 0 atom stereocenters. The largest absolute Gasteiger partial charge is 0.457 e. The van der Waals surface area contributed by atoms with E-state index in [1.54, 1.807) is 30.3 Å². The Hall–Kier alpha value is -4.14. The number of benzene rings is 4. The van der Waals surface area contributed by atoms with Crippen LogP contribution in [-0.4, -0.2) is 20.5 Å². The molecule has 2 N–H and O–H groups in total. The molecule has 4 aromatic carbocycles. The van der Waals surface area contributed by atoms with Gasteiger partial charge in [-0.05, 0) is 72.3 Å². The summed E-state index contributed by atoms with van der Waals surface area (Å²) in [6, 6.07) is 28.5. The average molecular weight is 506 g/mol. The molecular weight excluding hydrogens is 486 g/mol. The van der Waals surface area contributed by atoms with E-state index in [1.165, 1.54) is 30.5 Å². The fraction of sp³-hybridized carbons (Fsp3) is 0. The molecule has 0 aliphatic heterocycles. The molecule has 176 valence electrons. The molecule has 0 radical (unpaired) electrons. The molecule has 0 saturated carbocycles. The Bertz CT molecular complexity index is 1460. The monoisotopic (exact) mass is 505 g/mol. The van der Waals surface area contributed by atoms with Crippen molar-refractivity contribution < 1.29 is 17.9 Å². The van der Waals surface area contributed by atoms with Crippen molar-refractivity contribution in [2.24, 2.45) is 5.10 Å². The minimum atomic E-state index is -3.90. The minimum Gasteiger partial charge on any atom is -0.457 e. The standard InChI is InChI=1S/C26H20ClN3O4S/c27-21-12-14-22(15-13-21)30-35(32,33)25-11-5-7-20(17-25)26(31)29-28-18-19-6-4-10-24(16-19)34-23-8-2-1-3-9-23/h1-18,30H,(H,29,31). The van der Waals surface area contributed by atoms with Crippen LogP contribution in [0.5, 0.6) is 11.5 Å². The second-order valence-electron chi connectivity index (χ2n) is 7.33. The Labute approximate surface area is 208 Å². The summed E-state index contributed by atoms with van der Waals surface area (Å²) >= 11 is 5.84. The number of carbonyl (C=O) groups excluding carboxylic acids is 1. The topological polar surface area (TPSA) is 96.9 Å². The maximum Gasteiger partial charge on any atom is 0.271 e. The number of carbonyl (C=O) groups is 1. The molecule has 0 aromatic heterocycles. The van der Waals surface area contributed by atoms with Crippen molar-refractivity contribution >= 4 is 39.4 Å². The van der Waals surface area contributed by atoms with E-state index in [1.807, 2.05) is 48.5 Å². The van der Waals surface area contributed by atoms with Crippen LogP contribution in [0.3, 0.4) is 0 Å². The molecule has 4 aromatic rings. The van der Waals surface area contributed by atoms with E-state index in [2.05, 4.69) is 15.2 Å². The molecule has 0 aliphatic rings. The summed E-state index contributed by atoms with van der Waals surface area (Å²) in [7, 11) is -3.90. The molecule has 35 heavy (non-hydrogen) atoms. The normalized spacial score (nSPS) is 11.2. The van der Waals surface area contributed by atoms with E-state index in [0.29, 0.717) is 27.8 Å². The molecule has 0 saturated heterocycles. The van der Waals surface area contributed by atoms with Gasteiger partial charge in [0.05, 0.1) is 11.1 Å². The second kappa shape index (κ2) is 10.9. The van der Waals surface area contributed by atoms with Crippen molar-refractivity contribution in [2.45, 2.75) is 4.90 Å². The molecule has 7 nitrogen and oxygen atoms in total. The molecule has 0 bridgehead atoms. The van der Waals surface area contributed by atoms with Crippen LogP contribution in [0.25, 0.3) is 0 Å². The number of anilines is 1. The second-order valence-corrected chi connectivity index (χ2v) is 9.45. The zero-order valence-electron chi connectivity index (χ0n) is 18.3. The number of hydrogen-bond acceptors (Lipinski definition) is 5. The number of halogens is 1. The number of rotatable bonds is 8. The first-order valence-electron chi connectivity index (χ1n) is 10.4. The zero-order chi connectivity index (χ0) is 24.7. The van der Waals surface area contributed by atoms with E-state index >= 15 is 0 Å². The minimum absolute atomic E-state index is 0.0603. The third-order valence-corrected chi connectivity index (χ3v) is 6.35. The van der Waals surface area contributed by atoms with Crippen molar-refractivity contribution in [2.75, 3.05) is 4.72 Å².